The van der Waals surface area contributed by atoms with Crippen LogP contribution in [0, 0.1) is 0 Å². The number of fused-ring (bicyclic) bond motifs is 11. The van der Waals surface area contributed by atoms with Gasteiger partial charge in [0.15, 0.2) is 0 Å². The van der Waals surface area contributed by atoms with Gasteiger partial charge in [-0.15, -0.1) is 0 Å². The van der Waals surface area contributed by atoms with Gasteiger partial charge in [-0.1, -0.05) is 103 Å². The van der Waals surface area contributed by atoms with Crippen LogP contribution >= 0.6 is 0 Å². The lowest BCUT2D eigenvalue weighted by molar-refractivity contribution is 0.00578. The van der Waals surface area contributed by atoms with E-state index in [1.165, 1.54) is 10.8 Å². The van der Waals surface area contributed by atoms with Crippen LogP contribution < -0.4 is 5.46 Å². The van der Waals surface area contributed by atoms with Crippen molar-refractivity contribution in [1.82, 2.24) is 0 Å². The molecule has 0 N–H and O–H groups in total. The number of hydrogen-bond acceptors (Lipinski definition) is 3. The minimum atomic E-state index is -0.436. The van der Waals surface area contributed by atoms with Crippen molar-refractivity contribution in [3.63, 3.8) is 0 Å². The van der Waals surface area contributed by atoms with Crippen LogP contribution in [0.1, 0.15) is 27.7 Å². The van der Waals surface area contributed by atoms with Gasteiger partial charge in [-0.2, -0.15) is 0 Å². The van der Waals surface area contributed by atoms with Crippen LogP contribution in [0.2, 0.25) is 0 Å². The maximum Gasteiger partial charge on any atom is 0.494 e. The van der Waals surface area contributed by atoms with E-state index in [1.54, 1.807) is 0 Å². The summed E-state index contributed by atoms with van der Waals surface area (Å²) in [6.07, 6.45) is 0. The van der Waals surface area contributed by atoms with E-state index < -0.39 is 18.3 Å². The fourth-order valence-corrected chi connectivity index (χ4v) is 6.37. The lowest BCUT2D eigenvalue weighted by atomic mass is 9.78. The summed E-state index contributed by atoms with van der Waals surface area (Å²) in [5, 5.41) is 11.4. The molecule has 1 aliphatic heterocycles. The summed E-state index contributed by atoms with van der Waals surface area (Å²) in [6, 6.07) is 41.1. The second-order valence-corrected chi connectivity index (χ2v) is 12.4. The first-order chi connectivity index (χ1) is 20.3. The molecule has 8 rings (SSSR count). The van der Waals surface area contributed by atoms with Gasteiger partial charge in [-0.3, -0.25) is 0 Å². The molecule has 0 spiro atoms. The molecule has 0 amide bonds. The highest BCUT2D eigenvalue weighted by Gasteiger charge is 2.51. The Morgan fingerprint density at radius 3 is 1.81 bits per heavy atom. The minimum absolute atomic E-state index is 0.407. The lowest BCUT2D eigenvalue weighted by Gasteiger charge is -2.32. The first-order valence-corrected chi connectivity index (χ1v) is 14.6. The molecular weight excluding hydrogens is 515 g/mol. The zero-order valence-corrected chi connectivity index (χ0v) is 24.3. The topological polar surface area (TPSA) is 31.6 Å². The van der Waals surface area contributed by atoms with E-state index in [9.17, 15) is 0 Å². The van der Waals surface area contributed by atoms with Crippen molar-refractivity contribution in [2.24, 2.45) is 0 Å². The molecule has 0 bridgehead atoms. The Hall–Kier alpha value is -4.38. The summed E-state index contributed by atoms with van der Waals surface area (Å²) < 4.78 is 19.6. The molecular formula is C38H31BO3. The first-order valence-electron chi connectivity index (χ1n) is 14.6. The Bertz CT molecular complexity index is 2260. The highest BCUT2D eigenvalue weighted by atomic mass is 16.7. The van der Waals surface area contributed by atoms with Gasteiger partial charge in [0.2, 0.25) is 0 Å². The maximum absolute atomic E-state index is 6.67. The molecule has 6 aromatic carbocycles. The van der Waals surface area contributed by atoms with Crippen LogP contribution in [0.4, 0.5) is 0 Å². The van der Waals surface area contributed by atoms with Crippen LogP contribution in [-0.4, -0.2) is 18.3 Å². The highest BCUT2D eigenvalue weighted by Crippen LogP contribution is 2.40. The molecule has 0 aliphatic carbocycles. The summed E-state index contributed by atoms with van der Waals surface area (Å²) in [5.41, 5.74) is 2.00. The highest BCUT2D eigenvalue weighted by molar-refractivity contribution is 6.62. The monoisotopic (exact) mass is 546 g/mol. The third-order valence-corrected chi connectivity index (χ3v) is 9.33. The van der Waals surface area contributed by atoms with Crippen molar-refractivity contribution < 1.29 is 13.7 Å². The zero-order valence-electron chi connectivity index (χ0n) is 24.3. The zero-order chi connectivity index (χ0) is 28.6. The van der Waals surface area contributed by atoms with E-state index in [0.29, 0.717) is 0 Å². The average molecular weight is 546 g/mol. The Morgan fingerprint density at radius 2 is 1.02 bits per heavy atom. The molecule has 0 unspecified atom stereocenters. The third kappa shape index (κ3) is 3.76. The lowest BCUT2D eigenvalue weighted by Crippen LogP contribution is -2.41. The number of rotatable bonds is 1. The molecule has 1 fully saturated rings. The van der Waals surface area contributed by atoms with Gasteiger partial charge in [0.05, 0.1) is 11.2 Å². The molecule has 1 saturated heterocycles. The summed E-state index contributed by atoms with van der Waals surface area (Å²) in [7, 11) is -0.436. The summed E-state index contributed by atoms with van der Waals surface area (Å²) in [4.78, 5) is 0. The van der Waals surface area contributed by atoms with Crippen molar-refractivity contribution in [3.05, 3.63) is 115 Å². The molecule has 2 heterocycles. The predicted octanol–water partition coefficient (Wildman–Crippen LogP) is 9.62. The molecule has 1 aliphatic rings. The SMILES string of the molecule is CC1(C)OB(c2ccc3c(ccc4ccccc4c4ccccc4c4c3ccc3c5ccccc5oc34)c2)OC1(C)C. The standard InChI is InChI=1S/C38H31BO3/c1-37(2)38(3,4)42-39(41-37)26-19-20-28-25(23-26)18-17-24-11-5-6-12-27(24)29-13-7-8-15-31(29)35-32(28)21-22-33-30-14-9-10-16-34(30)40-36(33)35/h5-23H,1-4H3. The van der Waals surface area contributed by atoms with Gasteiger partial charge in [-0.05, 0) is 83.0 Å². The second-order valence-electron chi connectivity index (χ2n) is 12.4. The Balaban J connectivity index is 1.57. The van der Waals surface area contributed by atoms with Crippen molar-refractivity contribution >= 4 is 77.6 Å². The van der Waals surface area contributed by atoms with Crippen LogP contribution in [0.25, 0.3) is 65.0 Å². The molecule has 0 radical (unpaired) electrons. The van der Waals surface area contributed by atoms with E-state index in [-0.39, 0.29) is 0 Å². The van der Waals surface area contributed by atoms with Crippen molar-refractivity contribution in [3.8, 4) is 0 Å². The molecule has 3 nitrogen and oxygen atoms in total. The van der Waals surface area contributed by atoms with Gasteiger partial charge >= 0.3 is 7.12 Å². The van der Waals surface area contributed by atoms with E-state index in [1.807, 2.05) is 6.07 Å². The van der Waals surface area contributed by atoms with Crippen molar-refractivity contribution in [2.75, 3.05) is 0 Å². The molecule has 7 aromatic rings. The third-order valence-electron chi connectivity index (χ3n) is 9.33. The Morgan fingerprint density at radius 1 is 0.476 bits per heavy atom. The number of hydrogen-bond donors (Lipinski definition) is 0. The minimum Gasteiger partial charge on any atom is -0.455 e. The van der Waals surface area contributed by atoms with Gasteiger partial charge < -0.3 is 13.7 Å². The summed E-state index contributed by atoms with van der Waals surface area (Å²) >= 11 is 0. The van der Waals surface area contributed by atoms with Crippen LogP contribution in [0.15, 0.2) is 120 Å². The second kappa shape index (κ2) is 9.06. The number of benzene rings is 5. The maximum atomic E-state index is 6.67. The smallest absolute Gasteiger partial charge is 0.455 e. The summed E-state index contributed by atoms with van der Waals surface area (Å²) in [6.45, 7) is 8.38. The van der Waals surface area contributed by atoms with Crippen molar-refractivity contribution in [2.45, 2.75) is 38.9 Å². The summed E-state index contributed by atoms with van der Waals surface area (Å²) in [5.74, 6) is 0. The quantitative estimate of drug-likeness (QED) is 0.192. The van der Waals surface area contributed by atoms with Gasteiger partial charge in [0.1, 0.15) is 11.2 Å². The van der Waals surface area contributed by atoms with E-state index in [2.05, 4.69) is 137 Å². The normalized spacial score (nSPS) is 16.2. The average Bonchev–Trinajstić information content (AvgIpc) is 3.48. The number of para-hydroxylation sites is 1. The van der Waals surface area contributed by atoms with E-state index in [4.69, 9.17) is 13.7 Å². The molecule has 4 heteroatoms. The van der Waals surface area contributed by atoms with Gasteiger partial charge in [0, 0.05) is 16.2 Å². The molecule has 1 aromatic heterocycles. The largest absolute Gasteiger partial charge is 0.494 e. The van der Waals surface area contributed by atoms with Crippen LogP contribution in [-0.2, 0) is 9.31 Å². The Labute approximate surface area is 245 Å². The molecule has 42 heavy (non-hydrogen) atoms. The molecule has 0 atom stereocenters. The molecule has 204 valence electrons. The van der Waals surface area contributed by atoms with E-state index >= 15 is 0 Å². The van der Waals surface area contributed by atoms with Crippen molar-refractivity contribution in [1.29, 1.82) is 0 Å². The van der Waals surface area contributed by atoms with Gasteiger partial charge in [0.25, 0.3) is 0 Å². The van der Waals surface area contributed by atoms with E-state index in [0.717, 1.165) is 59.7 Å². The number of furan rings is 1. The fourth-order valence-electron chi connectivity index (χ4n) is 6.37. The van der Waals surface area contributed by atoms with Crippen LogP contribution in [0.3, 0.4) is 0 Å². The predicted molar refractivity (Wildman–Crippen MR) is 177 cm³/mol. The fraction of sp³-hybridized carbons (Fsp3) is 0.158. The first kappa shape index (κ1) is 25.3. The van der Waals surface area contributed by atoms with Crippen LogP contribution in [0.5, 0.6) is 0 Å². The Kier molecular flexibility index (Phi) is 5.47. The van der Waals surface area contributed by atoms with Gasteiger partial charge in [-0.25, -0.2) is 0 Å². The molecule has 0 saturated carbocycles.